The first-order chi connectivity index (χ1) is 19.7. The van der Waals surface area contributed by atoms with Crippen molar-refractivity contribution < 1.29 is 19.4 Å². The van der Waals surface area contributed by atoms with Gasteiger partial charge in [-0.2, -0.15) is 0 Å². The lowest BCUT2D eigenvalue weighted by atomic mass is 10.0. The van der Waals surface area contributed by atoms with Gasteiger partial charge in [-0.05, 0) is 19.4 Å². The Kier molecular flexibility index (Phi) is 26.5. The van der Waals surface area contributed by atoms with Gasteiger partial charge in [-0.15, -0.1) is 0 Å². The largest absolute Gasteiger partial charge is 0.480 e. The molecule has 1 atom stereocenters. The summed E-state index contributed by atoms with van der Waals surface area (Å²) < 4.78 is 10.9. The van der Waals surface area contributed by atoms with Crippen LogP contribution >= 0.6 is 0 Å². The van der Waals surface area contributed by atoms with E-state index in [1.807, 2.05) is 0 Å². The van der Waals surface area contributed by atoms with Crippen LogP contribution in [0.4, 0.5) is 0 Å². The van der Waals surface area contributed by atoms with Crippen molar-refractivity contribution >= 4 is 5.97 Å². The van der Waals surface area contributed by atoms with Crippen molar-refractivity contribution in [2.75, 3.05) is 59.2 Å². The monoisotopic (exact) mass is 569 g/mol. The molecule has 0 aromatic rings. The van der Waals surface area contributed by atoms with Crippen LogP contribution in [-0.2, 0) is 14.3 Å². The number of morpholine rings is 2. The average Bonchev–Trinajstić information content (AvgIpc) is 2.96. The predicted octanol–water partition coefficient (Wildman–Crippen LogP) is 8.32. The molecule has 238 valence electrons. The lowest BCUT2D eigenvalue weighted by Crippen LogP contribution is -2.47. The number of nitrogens with zero attached hydrogens (tertiary/aromatic N) is 2. The third kappa shape index (κ3) is 22.9. The number of hydrogen-bond acceptors (Lipinski definition) is 5. The standard InChI is InChI=1S/C18H35NO3.C16H33NO/c1-2-3-4-5-6-7-8-9-10-11-12-17-16-22-14-13-19(17)15-18(20)21;1-2-3-4-5-6-7-8-9-10-11-12-17-13-15-18-16-14-17/h17H,2-16H2,1H3,(H,20,21);2-16H2,1H3. The maximum atomic E-state index is 10.9. The van der Waals surface area contributed by atoms with Crippen LogP contribution in [0.2, 0.25) is 0 Å². The first-order valence-corrected chi connectivity index (χ1v) is 17.5. The van der Waals surface area contributed by atoms with Crippen LogP contribution in [-0.4, -0.2) is 86.1 Å². The summed E-state index contributed by atoms with van der Waals surface area (Å²) >= 11 is 0. The van der Waals surface area contributed by atoms with Crippen LogP contribution in [0.3, 0.4) is 0 Å². The molecular formula is C34H68N2O4. The topological polar surface area (TPSA) is 62.2 Å². The summed E-state index contributed by atoms with van der Waals surface area (Å²) in [5.74, 6) is -0.727. The van der Waals surface area contributed by atoms with Crippen LogP contribution in [0.25, 0.3) is 0 Å². The van der Waals surface area contributed by atoms with Crippen molar-refractivity contribution in [2.24, 2.45) is 0 Å². The number of unbranched alkanes of at least 4 members (excludes halogenated alkanes) is 18. The SMILES string of the molecule is CCCCCCCCCCCCC1COCCN1CC(=O)O.CCCCCCCCCCCCN1CCOCC1. The smallest absolute Gasteiger partial charge is 0.317 e. The molecule has 2 fully saturated rings. The molecule has 0 spiro atoms. The van der Waals surface area contributed by atoms with Gasteiger partial charge in [0.15, 0.2) is 0 Å². The van der Waals surface area contributed by atoms with E-state index in [-0.39, 0.29) is 6.54 Å². The quantitative estimate of drug-likeness (QED) is 0.118. The molecular weight excluding hydrogens is 500 g/mol. The molecule has 0 aromatic carbocycles. The summed E-state index contributed by atoms with van der Waals surface area (Å²) in [7, 11) is 0. The minimum absolute atomic E-state index is 0.159. The molecule has 2 saturated heterocycles. The number of carbonyl (C=O) groups is 1. The summed E-state index contributed by atoms with van der Waals surface area (Å²) in [6.45, 7) is 12.3. The second-order valence-electron chi connectivity index (χ2n) is 12.2. The molecule has 1 N–H and O–H groups in total. The van der Waals surface area contributed by atoms with E-state index < -0.39 is 5.97 Å². The molecule has 2 heterocycles. The zero-order valence-corrected chi connectivity index (χ0v) is 26.9. The minimum atomic E-state index is -0.727. The number of rotatable bonds is 24. The van der Waals surface area contributed by atoms with Crippen LogP contribution in [0.5, 0.6) is 0 Å². The molecule has 0 aromatic heterocycles. The van der Waals surface area contributed by atoms with E-state index in [1.54, 1.807) is 0 Å². The van der Waals surface area contributed by atoms with Gasteiger partial charge in [-0.1, -0.05) is 136 Å². The summed E-state index contributed by atoms with van der Waals surface area (Å²) in [4.78, 5) is 15.5. The highest BCUT2D eigenvalue weighted by Crippen LogP contribution is 2.16. The molecule has 6 heteroatoms. The van der Waals surface area contributed by atoms with Gasteiger partial charge < -0.3 is 14.6 Å². The Morgan fingerprint density at radius 2 is 1.07 bits per heavy atom. The normalized spacial score (nSPS) is 18.4. The third-order valence-corrected chi connectivity index (χ3v) is 8.51. The van der Waals surface area contributed by atoms with Gasteiger partial charge in [-0.25, -0.2) is 0 Å². The molecule has 2 aliphatic rings. The van der Waals surface area contributed by atoms with Crippen molar-refractivity contribution in [3.05, 3.63) is 0 Å². The fourth-order valence-corrected chi connectivity index (χ4v) is 5.85. The van der Waals surface area contributed by atoms with Crippen molar-refractivity contribution in [3.63, 3.8) is 0 Å². The maximum absolute atomic E-state index is 10.9. The summed E-state index contributed by atoms with van der Waals surface area (Å²) in [6.07, 6.45) is 28.8. The summed E-state index contributed by atoms with van der Waals surface area (Å²) in [5.41, 5.74) is 0. The van der Waals surface area contributed by atoms with Crippen LogP contribution < -0.4 is 0 Å². The van der Waals surface area contributed by atoms with Gasteiger partial charge in [0.25, 0.3) is 0 Å². The van der Waals surface area contributed by atoms with E-state index in [4.69, 9.17) is 14.6 Å². The lowest BCUT2D eigenvalue weighted by molar-refractivity contribution is -0.140. The van der Waals surface area contributed by atoms with Crippen molar-refractivity contribution in [2.45, 2.75) is 155 Å². The number of carboxylic acids is 1. The van der Waals surface area contributed by atoms with Crippen molar-refractivity contribution in [1.29, 1.82) is 0 Å². The molecule has 0 radical (unpaired) electrons. The van der Waals surface area contributed by atoms with Crippen LogP contribution in [0, 0.1) is 0 Å². The molecule has 1 unspecified atom stereocenters. The van der Waals surface area contributed by atoms with Gasteiger partial charge in [0.2, 0.25) is 0 Å². The second-order valence-corrected chi connectivity index (χ2v) is 12.2. The lowest BCUT2D eigenvalue weighted by Gasteiger charge is -2.34. The zero-order valence-electron chi connectivity index (χ0n) is 26.9. The predicted molar refractivity (Wildman–Crippen MR) is 169 cm³/mol. The highest BCUT2D eigenvalue weighted by molar-refractivity contribution is 5.69. The number of hydrogen-bond donors (Lipinski definition) is 1. The Morgan fingerprint density at radius 1 is 0.625 bits per heavy atom. The maximum Gasteiger partial charge on any atom is 0.317 e. The summed E-state index contributed by atoms with van der Waals surface area (Å²) in [5, 5.41) is 8.95. The Balaban J connectivity index is 0.000000408. The fourth-order valence-electron chi connectivity index (χ4n) is 5.85. The van der Waals surface area contributed by atoms with Gasteiger partial charge >= 0.3 is 5.97 Å². The molecule has 40 heavy (non-hydrogen) atoms. The van der Waals surface area contributed by atoms with E-state index in [9.17, 15) is 4.79 Å². The van der Waals surface area contributed by atoms with Crippen molar-refractivity contribution in [3.8, 4) is 0 Å². The van der Waals surface area contributed by atoms with Crippen LogP contribution in [0.1, 0.15) is 149 Å². The third-order valence-electron chi connectivity index (χ3n) is 8.51. The second kappa shape index (κ2) is 28.4. The molecule has 0 amide bonds. The Hall–Kier alpha value is -0.690. The number of ether oxygens (including phenoxy) is 2. The molecule has 2 aliphatic heterocycles. The highest BCUT2D eigenvalue weighted by atomic mass is 16.5. The Labute approximate surface area is 248 Å². The molecule has 0 bridgehead atoms. The van der Waals surface area contributed by atoms with E-state index in [0.29, 0.717) is 19.3 Å². The fraction of sp³-hybridized carbons (Fsp3) is 0.971. The first-order valence-electron chi connectivity index (χ1n) is 17.5. The van der Waals surface area contributed by atoms with E-state index >= 15 is 0 Å². The Bertz CT molecular complexity index is 542. The molecule has 2 rings (SSSR count). The van der Waals surface area contributed by atoms with E-state index in [0.717, 1.165) is 39.3 Å². The molecule has 0 saturated carbocycles. The minimum Gasteiger partial charge on any atom is -0.480 e. The van der Waals surface area contributed by atoms with Gasteiger partial charge in [0.1, 0.15) is 0 Å². The van der Waals surface area contributed by atoms with Gasteiger partial charge in [-0.3, -0.25) is 14.6 Å². The average molecular weight is 569 g/mol. The zero-order chi connectivity index (χ0) is 28.9. The first kappa shape index (κ1) is 37.3. The van der Waals surface area contributed by atoms with E-state index in [2.05, 4.69) is 23.6 Å². The molecule has 6 nitrogen and oxygen atoms in total. The number of aliphatic carboxylic acids is 1. The van der Waals surface area contributed by atoms with Gasteiger partial charge in [0, 0.05) is 25.7 Å². The Morgan fingerprint density at radius 3 is 1.57 bits per heavy atom. The van der Waals surface area contributed by atoms with E-state index in [1.165, 1.54) is 135 Å². The van der Waals surface area contributed by atoms with Crippen LogP contribution in [0.15, 0.2) is 0 Å². The number of carboxylic acid groups (broad SMARTS) is 1. The summed E-state index contributed by atoms with van der Waals surface area (Å²) in [6, 6.07) is 0.305. The molecule has 0 aliphatic carbocycles. The highest BCUT2D eigenvalue weighted by Gasteiger charge is 2.24. The van der Waals surface area contributed by atoms with Gasteiger partial charge in [0.05, 0.1) is 33.0 Å². The van der Waals surface area contributed by atoms with Crippen molar-refractivity contribution in [1.82, 2.24) is 9.80 Å².